The molecular weight excluding hydrogens is 865 g/mol. The summed E-state index contributed by atoms with van der Waals surface area (Å²) in [6.07, 6.45) is -8.47. The molecule has 0 bridgehead atoms. The normalized spacial score (nSPS) is 12.5. The molecule has 6 aromatic carbocycles. The predicted octanol–water partition coefficient (Wildman–Crippen LogP) is 5.84. The summed E-state index contributed by atoms with van der Waals surface area (Å²) in [6.45, 7) is -2.01. The first kappa shape index (κ1) is 46.4. The summed E-state index contributed by atoms with van der Waals surface area (Å²) in [5.41, 5.74) is -1.06. The first-order valence-corrected chi connectivity index (χ1v) is 19.6. The lowest BCUT2D eigenvalue weighted by Crippen LogP contribution is -2.54. The molecule has 18 nitrogen and oxygen atoms in total. The van der Waals surface area contributed by atoms with Gasteiger partial charge in [-0.3, -0.25) is 0 Å². The summed E-state index contributed by atoms with van der Waals surface area (Å²) < 4.78 is 34.8. The number of esters is 6. The van der Waals surface area contributed by atoms with E-state index in [1.807, 2.05) is 0 Å². The van der Waals surface area contributed by atoms with E-state index in [0.717, 1.165) is 72.8 Å². The van der Waals surface area contributed by atoms with Gasteiger partial charge in [0.2, 0.25) is 0 Å². The fourth-order valence-corrected chi connectivity index (χ4v) is 5.96. The van der Waals surface area contributed by atoms with Crippen LogP contribution in [-0.4, -0.2) is 104 Å². The smallest absolute Gasteiger partial charge is 0.338 e. The van der Waals surface area contributed by atoms with E-state index in [4.69, 9.17) is 28.4 Å². The van der Waals surface area contributed by atoms with E-state index in [1.54, 1.807) is 0 Å². The molecule has 6 rings (SSSR count). The Kier molecular flexibility index (Phi) is 15.0. The first-order chi connectivity index (χ1) is 31.6. The molecule has 0 aliphatic carbocycles. The van der Waals surface area contributed by atoms with Gasteiger partial charge < -0.3 is 59.1 Å². The second-order valence-corrected chi connectivity index (χ2v) is 14.1. The highest BCUT2D eigenvalue weighted by Gasteiger charge is 2.46. The van der Waals surface area contributed by atoms with Crippen LogP contribution >= 0.6 is 0 Å². The molecule has 0 aliphatic rings. The molecule has 4 unspecified atom stereocenters. The van der Waals surface area contributed by atoms with Gasteiger partial charge in [-0.2, -0.15) is 0 Å². The predicted molar refractivity (Wildman–Crippen MR) is 226 cm³/mol. The summed E-state index contributed by atoms with van der Waals surface area (Å²) in [5, 5.41) is 59.4. The molecule has 338 valence electrons. The summed E-state index contributed by atoms with van der Waals surface area (Å²) in [6, 6.07) is 28.0. The number of carbonyl (C=O) groups excluding carboxylic acids is 6. The van der Waals surface area contributed by atoms with Gasteiger partial charge in [-0.25, -0.2) is 28.8 Å². The number of ether oxygens (including phenoxy) is 6. The van der Waals surface area contributed by atoms with E-state index >= 15 is 0 Å². The lowest BCUT2D eigenvalue weighted by atomic mass is 10.0. The molecule has 0 fully saturated rings. The minimum absolute atomic E-state index is 0.105. The maximum Gasteiger partial charge on any atom is 0.338 e. The minimum atomic E-state index is -2.20. The summed E-state index contributed by atoms with van der Waals surface area (Å²) in [7, 11) is 0. The second kappa shape index (κ2) is 21.3. The SMILES string of the molecule is O=C(OCC(OC(=O)c1ccc(O)cc1)C(OC(=O)c1ccc(O)cc1)C(OC(=O)c1ccc(O)cc1)C(COC(=O)c1ccc(O)cc1)OC(=O)c1ccc(O)cc1)c1ccc(O)cc1. The maximum atomic E-state index is 14.1. The minimum Gasteiger partial charge on any atom is -0.508 e. The van der Waals surface area contributed by atoms with E-state index < -0.39 is 73.4 Å². The van der Waals surface area contributed by atoms with E-state index in [-0.39, 0.29) is 67.9 Å². The van der Waals surface area contributed by atoms with E-state index in [2.05, 4.69) is 0 Å². The summed E-state index contributed by atoms with van der Waals surface area (Å²) in [4.78, 5) is 82.9. The van der Waals surface area contributed by atoms with Crippen LogP contribution in [-0.2, 0) is 28.4 Å². The quantitative estimate of drug-likeness (QED) is 0.0463. The monoisotopic (exact) mass is 902 g/mol. The van der Waals surface area contributed by atoms with Crippen LogP contribution in [0.15, 0.2) is 146 Å². The lowest BCUT2D eigenvalue weighted by Gasteiger charge is -2.35. The fourth-order valence-electron chi connectivity index (χ4n) is 5.96. The molecule has 0 amide bonds. The number of carbonyl (C=O) groups is 6. The number of phenolic OH excluding ortho intramolecular Hbond substituents is 6. The van der Waals surface area contributed by atoms with Crippen LogP contribution in [0.3, 0.4) is 0 Å². The zero-order valence-corrected chi connectivity index (χ0v) is 34.2. The van der Waals surface area contributed by atoms with Gasteiger partial charge in [-0.15, -0.1) is 0 Å². The molecule has 18 heteroatoms. The van der Waals surface area contributed by atoms with Crippen LogP contribution in [0.1, 0.15) is 62.1 Å². The molecule has 0 saturated carbocycles. The van der Waals surface area contributed by atoms with Crippen molar-refractivity contribution in [2.45, 2.75) is 24.4 Å². The molecule has 4 atom stereocenters. The number of phenols is 6. The third-order valence-corrected chi connectivity index (χ3v) is 9.44. The largest absolute Gasteiger partial charge is 0.508 e. The van der Waals surface area contributed by atoms with Gasteiger partial charge in [-0.05, 0) is 146 Å². The average molecular weight is 903 g/mol. The van der Waals surface area contributed by atoms with Crippen molar-refractivity contribution in [2.24, 2.45) is 0 Å². The molecule has 0 spiro atoms. The van der Waals surface area contributed by atoms with Crippen molar-refractivity contribution in [3.63, 3.8) is 0 Å². The highest BCUT2D eigenvalue weighted by molar-refractivity contribution is 5.93. The van der Waals surface area contributed by atoms with E-state index in [9.17, 15) is 59.4 Å². The van der Waals surface area contributed by atoms with Crippen molar-refractivity contribution in [3.8, 4) is 34.5 Å². The molecule has 0 heterocycles. The number of aromatic hydroxyl groups is 6. The van der Waals surface area contributed by atoms with Crippen molar-refractivity contribution in [2.75, 3.05) is 13.2 Å². The maximum absolute atomic E-state index is 14.1. The van der Waals surface area contributed by atoms with Crippen molar-refractivity contribution in [1.82, 2.24) is 0 Å². The van der Waals surface area contributed by atoms with Crippen molar-refractivity contribution < 1.29 is 87.8 Å². The van der Waals surface area contributed by atoms with Crippen LogP contribution in [0.2, 0.25) is 0 Å². The number of hydrogen-bond donors (Lipinski definition) is 6. The Morgan fingerprint density at radius 1 is 0.288 bits per heavy atom. The Hall–Kier alpha value is -9.06. The Balaban J connectivity index is 1.51. The third-order valence-electron chi connectivity index (χ3n) is 9.44. The highest BCUT2D eigenvalue weighted by Crippen LogP contribution is 2.27. The highest BCUT2D eigenvalue weighted by atomic mass is 16.6. The standard InChI is InChI=1S/C48H38O18/c49-33-13-1-27(2-14-33)43(55)61-25-39(63-45(57)29-5-17-35(51)18-6-29)41(65-47(59)31-9-21-37(53)22-10-31)42(66-48(60)32-11-23-38(54)24-12-32)40(64-46(58)30-7-19-36(52)20-8-30)26-62-44(56)28-3-15-34(50)16-4-28/h1-24,39-42,49-54H,25-26H2. The molecule has 6 aromatic rings. The molecular formula is C48H38O18. The first-order valence-electron chi connectivity index (χ1n) is 19.6. The topological polar surface area (TPSA) is 279 Å². The third kappa shape index (κ3) is 12.5. The van der Waals surface area contributed by atoms with Gasteiger partial charge in [0.15, 0.2) is 24.4 Å². The molecule has 0 aliphatic heterocycles. The Bertz CT molecular complexity index is 2460. The molecule has 66 heavy (non-hydrogen) atoms. The fraction of sp³-hybridized carbons (Fsp3) is 0.125. The Labute approximate surface area is 374 Å². The second-order valence-electron chi connectivity index (χ2n) is 14.1. The van der Waals surface area contributed by atoms with Crippen molar-refractivity contribution >= 4 is 35.8 Å². The number of rotatable bonds is 17. The lowest BCUT2D eigenvalue weighted by molar-refractivity contribution is -0.138. The van der Waals surface area contributed by atoms with Gasteiger partial charge in [0.05, 0.1) is 33.4 Å². The Morgan fingerprint density at radius 3 is 0.682 bits per heavy atom. The number of benzene rings is 6. The van der Waals surface area contributed by atoms with E-state index in [1.165, 1.54) is 72.8 Å². The van der Waals surface area contributed by atoms with Crippen LogP contribution in [0, 0.1) is 0 Å². The number of hydrogen-bond acceptors (Lipinski definition) is 18. The van der Waals surface area contributed by atoms with Crippen molar-refractivity contribution in [1.29, 1.82) is 0 Å². The van der Waals surface area contributed by atoms with Gasteiger partial charge in [0.1, 0.15) is 47.7 Å². The van der Waals surface area contributed by atoms with Crippen LogP contribution < -0.4 is 0 Å². The van der Waals surface area contributed by atoms with Gasteiger partial charge in [0, 0.05) is 0 Å². The van der Waals surface area contributed by atoms with Gasteiger partial charge >= 0.3 is 35.8 Å². The van der Waals surface area contributed by atoms with Crippen LogP contribution in [0.5, 0.6) is 34.5 Å². The van der Waals surface area contributed by atoms with Crippen LogP contribution in [0.4, 0.5) is 0 Å². The zero-order valence-electron chi connectivity index (χ0n) is 34.2. The zero-order chi connectivity index (χ0) is 47.3. The van der Waals surface area contributed by atoms with E-state index in [0.29, 0.717) is 0 Å². The molecule has 0 saturated heterocycles. The summed E-state index contributed by atoms with van der Waals surface area (Å²) >= 11 is 0. The van der Waals surface area contributed by atoms with Crippen molar-refractivity contribution in [3.05, 3.63) is 179 Å². The Morgan fingerprint density at radius 2 is 0.470 bits per heavy atom. The average Bonchev–Trinajstić information content (AvgIpc) is 3.31. The van der Waals surface area contributed by atoms with Crippen LogP contribution in [0.25, 0.3) is 0 Å². The van der Waals surface area contributed by atoms with Gasteiger partial charge in [0.25, 0.3) is 0 Å². The summed E-state index contributed by atoms with van der Waals surface area (Å²) in [5.74, 6) is -8.25. The molecule has 6 N–H and O–H groups in total. The molecule has 0 radical (unpaired) electrons. The van der Waals surface area contributed by atoms with Gasteiger partial charge in [-0.1, -0.05) is 0 Å². The molecule has 0 aromatic heterocycles.